The molecule has 1 aromatic heterocycles. The predicted molar refractivity (Wildman–Crippen MR) is 126 cm³/mol. The summed E-state index contributed by atoms with van der Waals surface area (Å²) in [6.45, 7) is 8.12. The third kappa shape index (κ3) is 7.70. The Balaban J connectivity index is 2.06. The maximum atomic E-state index is 14.4. The first-order chi connectivity index (χ1) is 15.4. The lowest BCUT2D eigenvalue weighted by atomic mass is 9.75. The first kappa shape index (κ1) is 26.6. The number of Topliss-reactive ketones (excluding diaryl/α,β-unsaturated/α-hetero) is 1. The molecule has 0 aliphatic heterocycles. The zero-order chi connectivity index (χ0) is 24.8. The Morgan fingerprint density at radius 2 is 1.82 bits per heavy atom. The molecule has 1 aromatic carbocycles. The van der Waals surface area contributed by atoms with Gasteiger partial charge in [0.05, 0.1) is 11.8 Å². The van der Waals surface area contributed by atoms with Gasteiger partial charge >= 0.3 is 0 Å². The number of amides is 1. The standard InChI is InChI=1S/C26H35F2N3O2/c1-7-24(32)21-9-8-17(11-23(21)28)10-20(31(5)6)16-30-25(33)13-22(26(2,3)4)18-12-19(27)15-29-14-18/h8-9,11-12,14-15,20,22H,7,10,13,16H2,1-6H3,(H,30,33)/t20-,22-/m0/s1. The van der Waals surface area contributed by atoms with Crippen LogP contribution in [0.15, 0.2) is 36.7 Å². The number of pyridine rings is 1. The topological polar surface area (TPSA) is 62.3 Å². The predicted octanol–water partition coefficient (Wildman–Crippen LogP) is 4.76. The van der Waals surface area contributed by atoms with Crippen LogP contribution >= 0.6 is 0 Å². The van der Waals surface area contributed by atoms with Crippen LogP contribution in [0, 0.1) is 17.0 Å². The van der Waals surface area contributed by atoms with Crippen LogP contribution in [0.4, 0.5) is 8.78 Å². The van der Waals surface area contributed by atoms with Crippen molar-refractivity contribution in [1.29, 1.82) is 0 Å². The average Bonchev–Trinajstić information content (AvgIpc) is 2.73. The van der Waals surface area contributed by atoms with Crippen LogP contribution in [0.25, 0.3) is 0 Å². The summed E-state index contributed by atoms with van der Waals surface area (Å²) in [5.41, 5.74) is 1.30. The van der Waals surface area contributed by atoms with Crippen LogP contribution in [0.3, 0.4) is 0 Å². The van der Waals surface area contributed by atoms with Crippen molar-refractivity contribution in [2.24, 2.45) is 5.41 Å². The molecule has 1 heterocycles. The van der Waals surface area contributed by atoms with Crippen LogP contribution < -0.4 is 5.32 Å². The number of carbonyl (C=O) groups excluding carboxylic acids is 2. The van der Waals surface area contributed by atoms with Crippen molar-refractivity contribution in [1.82, 2.24) is 15.2 Å². The number of likely N-dealkylation sites (N-methyl/N-ethyl adjacent to an activating group) is 1. The van der Waals surface area contributed by atoms with Gasteiger partial charge in [0.1, 0.15) is 11.6 Å². The molecule has 2 aromatic rings. The molecule has 180 valence electrons. The van der Waals surface area contributed by atoms with E-state index in [2.05, 4.69) is 10.3 Å². The fraction of sp³-hybridized carbons (Fsp3) is 0.500. The Hall–Kier alpha value is -2.67. The maximum absolute atomic E-state index is 14.4. The number of hydrogen-bond acceptors (Lipinski definition) is 4. The summed E-state index contributed by atoms with van der Waals surface area (Å²) in [7, 11) is 3.80. The van der Waals surface area contributed by atoms with Gasteiger partial charge in [0, 0.05) is 31.6 Å². The van der Waals surface area contributed by atoms with E-state index < -0.39 is 11.6 Å². The van der Waals surface area contributed by atoms with Gasteiger partial charge in [0.25, 0.3) is 0 Å². The van der Waals surface area contributed by atoms with Gasteiger partial charge in [-0.2, -0.15) is 0 Å². The first-order valence-electron chi connectivity index (χ1n) is 11.3. The lowest BCUT2D eigenvalue weighted by Gasteiger charge is -2.31. The zero-order valence-electron chi connectivity index (χ0n) is 20.4. The second kappa shape index (κ2) is 11.5. The van der Waals surface area contributed by atoms with E-state index in [1.165, 1.54) is 18.2 Å². The summed E-state index contributed by atoms with van der Waals surface area (Å²) >= 11 is 0. The number of rotatable bonds is 10. The second-order valence-corrected chi connectivity index (χ2v) is 9.78. The minimum atomic E-state index is -0.516. The third-order valence-electron chi connectivity index (χ3n) is 5.95. The largest absolute Gasteiger partial charge is 0.355 e. The lowest BCUT2D eigenvalue weighted by Crippen LogP contribution is -2.42. The minimum Gasteiger partial charge on any atom is -0.355 e. The van der Waals surface area contributed by atoms with Crippen LogP contribution in [-0.4, -0.2) is 48.3 Å². The summed E-state index contributed by atoms with van der Waals surface area (Å²) in [6.07, 6.45) is 3.73. The Morgan fingerprint density at radius 1 is 1.12 bits per heavy atom. The molecule has 2 rings (SSSR count). The van der Waals surface area contributed by atoms with Gasteiger partial charge in [-0.25, -0.2) is 8.78 Å². The molecule has 0 fully saturated rings. The average molecular weight is 460 g/mol. The highest BCUT2D eigenvalue weighted by atomic mass is 19.1. The van der Waals surface area contributed by atoms with Gasteiger partial charge in [-0.3, -0.25) is 14.6 Å². The number of hydrogen-bond donors (Lipinski definition) is 1. The maximum Gasteiger partial charge on any atom is 0.220 e. The van der Waals surface area contributed by atoms with E-state index in [-0.39, 0.29) is 47.5 Å². The summed E-state index contributed by atoms with van der Waals surface area (Å²) < 4.78 is 28.1. The molecule has 0 bridgehead atoms. The van der Waals surface area contributed by atoms with Gasteiger partial charge in [0.15, 0.2) is 5.78 Å². The van der Waals surface area contributed by atoms with Crippen molar-refractivity contribution in [3.8, 4) is 0 Å². The van der Waals surface area contributed by atoms with E-state index in [9.17, 15) is 18.4 Å². The van der Waals surface area contributed by atoms with Crippen molar-refractivity contribution in [3.63, 3.8) is 0 Å². The van der Waals surface area contributed by atoms with Gasteiger partial charge in [-0.1, -0.05) is 33.8 Å². The Labute approximate surface area is 195 Å². The first-order valence-corrected chi connectivity index (χ1v) is 11.3. The van der Waals surface area contributed by atoms with Gasteiger partial charge < -0.3 is 10.2 Å². The number of aromatic nitrogens is 1. The molecule has 0 saturated heterocycles. The Bertz CT molecular complexity index is 970. The van der Waals surface area contributed by atoms with Crippen LogP contribution in [0.5, 0.6) is 0 Å². The zero-order valence-corrected chi connectivity index (χ0v) is 20.4. The van der Waals surface area contributed by atoms with Crippen molar-refractivity contribution >= 4 is 11.7 Å². The lowest BCUT2D eigenvalue weighted by molar-refractivity contribution is -0.122. The normalized spacial score (nSPS) is 13.6. The number of nitrogens with one attached hydrogen (secondary N) is 1. The number of ketones is 1. The molecule has 33 heavy (non-hydrogen) atoms. The van der Waals surface area contributed by atoms with Crippen molar-refractivity contribution < 1.29 is 18.4 Å². The molecule has 0 unspecified atom stereocenters. The summed E-state index contributed by atoms with van der Waals surface area (Å²) in [4.78, 5) is 30.5. The monoisotopic (exact) mass is 459 g/mol. The fourth-order valence-corrected chi connectivity index (χ4v) is 3.84. The van der Waals surface area contributed by atoms with E-state index in [4.69, 9.17) is 0 Å². The molecule has 7 heteroatoms. The van der Waals surface area contributed by atoms with Crippen LogP contribution in [-0.2, 0) is 11.2 Å². The molecule has 5 nitrogen and oxygen atoms in total. The van der Waals surface area contributed by atoms with E-state index in [0.717, 1.165) is 11.8 Å². The van der Waals surface area contributed by atoms with Crippen LogP contribution in [0.1, 0.15) is 67.9 Å². The molecule has 0 aliphatic rings. The van der Waals surface area contributed by atoms with Crippen molar-refractivity contribution in [3.05, 3.63) is 65.0 Å². The molecule has 2 atom stereocenters. The fourth-order valence-electron chi connectivity index (χ4n) is 3.84. The molecular formula is C26H35F2N3O2. The van der Waals surface area contributed by atoms with Gasteiger partial charge in [0.2, 0.25) is 5.91 Å². The van der Waals surface area contributed by atoms with Gasteiger partial charge in [-0.05, 0) is 61.2 Å². The highest BCUT2D eigenvalue weighted by Crippen LogP contribution is 2.37. The highest BCUT2D eigenvalue weighted by molar-refractivity contribution is 5.96. The van der Waals surface area contributed by atoms with E-state index >= 15 is 0 Å². The number of carbonyl (C=O) groups is 2. The quantitative estimate of drug-likeness (QED) is 0.521. The molecule has 0 saturated carbocycles. The van der Waals surface area contributed by atoms with Crippen molar-refractivity contribution in [2.45, 2.75) is 58.9 Å². The summed E-state index contributed by atoms with van der Waals surface area (Å²) in [5.74, 6) is -1.50. The second-order valence-electron chi connectivity index (χ2n) is 9.78. The SMILES string of the molecule is CCC(=O)c1ccc(C[C@@H](CNC(=O)C[C@@H](c2cncc(F)c2)C(C)(C)C)N(C)C)cc1F. The van der Waals surface area contributed by atoms with E-state index in [0.29, 0.717) is 18.5 Å². The Morgan fingerprint density at radius 3 is 2.36 bits per heavy atom. The number of benzene rings is 1. The smallest absolute Gasteiger partial charge is 0.220 e. The van der Waals surface area contributed by atoms with E-state index in [1.807, 2.05) is 39.8 Å². The molecular weight excluding hydrogens is 424 g/mol. The molecule has 0 aliphatic carbocycles. The number of halogens is 2. The van der Waals surface area contributed by atoms with E-state index in [1.54, 1.807) is 19.2 Å². The summed E-state index contributed by atoms with van der Waals surface area (Å²) in [6, 6.07) is 6.05. The molecule has 0 radical (unpaired) electrons. The minimum absolute atomic E-state index is 0.0648. The number of nitrogens with zero attached hydrogens (tertiary/aromatic N) is 2. The molecule has 0 spiro atoms. The van der Waals surface area contributed by atoms with Crippen LogP contribution in [0.2, 0.25) is 0 Å². The highest BCUT2D eigenvalue weighted by Gasteiger charge is 2.29. The Kier molecular flexibility index (Phi) is 9.23. The van der Waals surface area contributed by atoms with Gasteiger partial charge in [-0.15, -0.1) is 0 Å². The summed E-state index contributed by atoms with van der Waals surface area (Å²) in [5, 5.41) is 2.98. The van der Waals surface area contributed by atoms with Crippen molar-refractivity contribution in [2.75, 3.05) is 20.6 Å². The molecule has 1 amide bonds. The third-order valence-corrected chi connectivity index (χ3v) is 5.95. The molecule has 1 N–H and O–H groups in total.